The van der Waals surface area contributed by atoms with Gasteiger partial charge < -0.3 is 30.9 Å². The highest BCUT2D eigenvalue weighted by molar-refractivity contribution is 6.32. The predicted octanol–water partition coefficient (Wildman–Crippen LogP) is 14.1. The van der Waals surface area contributed by atoms with E-state index in [0.29, 0.717) is 72.8 Å². The molecule has 12 rings (SSSR count). The van der Waals surface area contributed by atoms with Crippen LogP contribution in [0.5, 0.6) is 0 Å². The summed E-state index contributed by atoms with van der Waals surface area (Å²) in [6.45, 7) is 13.2. The Morgan fingerprint density at radius 3 is 1.33 bits per heavy atom. The smallest absolute Gasteiger partial charge is 0.332 e. The SMILES string of the molecule is CC1(C)CCC2(CC1)C[C@@H](C(=O)CC1(C)CCC(C(N)=O)OC1)[C@H](c1ccnc(Cl)c1F)[C@]21C(=O)Nc2cc(Cl)ccc21.CC1(C)CCC2(CC1)C[C@@H](C(=O)CC1(C)CC[C@@H](C(=O)O)OC1)[C@H](c1ccnc(Cl)c1F)[C@]21C(=O)Nc2cc(Cl)ccc21. The van der Waals surface area contributed by atoms with Gasteiger partial charge in [-0.25, -0.2) is 23.5 Å². The van der Waals surface area contributed by atoms with Crippen molar-refractivity contribution >= 4 is 93.0 Å². The number of aromatic nitrogens is 2. The van der Waals surface area contributed by atoms with Crippen LogP contribution < -0.4 is 16.4 Å². The van der Waals surface area contributed by atoms with Crippen LogP contribution in [0.2, 0.25) is 20.4 Å². The number of carboxylic acid groups (broad SMARTS) is 1. The van der Waals surface area contributed by atoms with Crippen LogP contribution in [0.1, 0.15) is 178 Å². The van der Waals surface area contributed by atoms with Crippen LogP contribution in [-0.2, 0) is 49.1 Å². The normalized spacial score (nSPS) is 32.5. The number of Topliss-reactive ketones (excluding diaryl/α,β-unsaturated/α-hetero) is 2. The molecule has 20 heteroatoms. The molecular formula is C66H75Cl4F2N5O9. The number of nitrogens with two attached hydrogens (primary N) is 1. The Kier molecular flexibility index (Phi) is 16.3. The zero-order valence-electron chi connectivity index (χ0n) is 49.4. The van der Waals surface area contributed by atoms with Crippen molar-refractivity contribution in [2.75, 3.05) is 23.8 Å². The first-order valence-corrected chi connectivity index (χ1v) is 31.6. The Balaban J connectivity index is 0.000000179. The molecule has 3 amide bonds. The second-order valence-electron chi connectivity index (χ2n) is 28.7. The maximum atomic E-state index is 16.1. The Bertz CT molecular complexity index is 3210. The van der Waals surface area contributed by atoms with E-state index in [1.165, 1.54) is 12.4 Å². The number of hydrogen-bond donors (Lipinski definition) is 4. The second-order valence-corrected chi connectivity index (χ2v) is 30.3. The molecule has 0 radical (unpaired) electrons. The van der Waals surface area contributed by atoms with E-state index in [4.69, 9.17) is 61.6 Å². The van der Waals surface area contributed by atoms with Gasteiger partial charge in [0, 0.05) is 70.3 Å². The third-order valence-electron chi connectivity index (χ3n) is 22.1. The third-order valence-corrected chi connectivity index (χ3v) is 23.1. The summed E-state index contributed by atoms with van der Waals surface area (Å²) in [5.74, 6) is -6.51. The highest BCUT2D eigenvalue weighted by Crippen LogP contribution is 2.75. The maximum absolute atomic E-state index is 16.1. The fraction of sp³-hybridized carbons (Fsp3) is 0.576. The zero-order valence-corrected chi connectivity index (χ0v) is 52.4. The summed E-state index contributed by atoms with van der Waals surface area (Å²) in [5.41, 5.74) is 4.00. The average Bonchev–Trinajstić information content (AvgIpc) is 1.51. The molecule has 4 aliphatic carbocycles. The summed E-state index contributed by atoms with van der Waals surface area (Å²) in [4.78, 5) is 89.5. The number of amides is 3. The number of hydrogen-bond acceptors (Lipinski definition) is 10. The molecule has 6 heterocycles. The van der Waals surface area contributed by atoms with E-state index >= 15 is 8.78 Å². The molecule has 4 spiro atoms. The Morgan fingerprint density at radius 2 is 0.977 bits per heavy atom. The van der Waals surface area contributed by atoms with Gasteiger partial charge >= 0.3 is 5.97 Å². The summed E-state index contributed by atoms with van der Waals surface area (Å²) in [6, 6.07) is 13.9. The molecule has 5 N–H and O–H groups in total. The van der Waals surface area contributed by atoms with Crippen LogP contribution in [0.4, 0.5) is 20.2 Å². The molecule has 460 valence electrons. The van der Waals surface area contributed by atoms with Crippen molar-refractivity contribution in [3.05, 3.63) is 115 Å². The molecule has 14 nitrogen and oxygen atoms in total. The minimum Gasteiger partial charge on any atom is -0.479 e. The summed E-state index contributed by atoms with van der Waals surface area (Å²) >= 11 is 25.3. The van der Waals surface area contributed by atoms with Gasteiger partial charge in [0.1, 0.15) is 17.7 Å². The van der Waals surface area contributed by atoms with Crippen molar-refractivity contribution in [2.24, 2.45) is 50.1 Å². The molecule has 4 aliphatic heterocycles. The minimum atomic E-state index is -1.23. The minimum absolute atomic E-state index is 0.0442. The fourth-order valence-electron chi connectivity index (χ4n) is 17.5. The van der Waals surface area contributed by atoms with Crippen LogP contribution in [0.3, 0.4) is 0 Å². The molecule has 2 aromatic heterocycles. The lowest BCUT2D eigenvalue weighted by Gasteiger charge is -2.51. The summed E-state index contributed by atoms with van der Waals surface area (Å²) in [6.07, 6.45) is 10.7. The molecule has 10 atom stereocenters. The summed E-state index contributed by atoms with van der Waals surface area (Å²) in [7, 11) is 0. The molecule has 4 aromatic rings. The number of halogens is 6. The molecule has 8 aliphatic rings. The highest BCUT2D eigenvalue weighted by Gasteiger charge is 2.74. The Labute approximate surface area is 520 Å². The Morgan fingerprint density at radius 1 is 0.593 bits per heavy atom. The van der Waals surface area contributed by atoms with Crippen molar-refractivity contribution in [3.8, 4) is 0 Å². The largest absolute Gasteiger partial charge is 0.479 e. The van der Waals surface area contributed by atoms with Crippen molar-refractivity contribution in [1.29, 1.82) is 0 Å². The molecule has 4 saturated carbocycles. The molecule has 3 unspecified atom stereocenters. The topological polar surface area (TPSA) is 217 Å². The number of carbonyl (C=O) groups excluding carboxylic acids is 5. The fourth-order valence-corrected chi connectivity index (χ4v) is 18.1. The number of ether oxygens (including phenoxy) is 2. The van der Waals surface area contributed by atoms with Crippen molar-refractivity contribution in [3.63, 3.8) is 0 Å². The van der Waals surface area contributed by atoms with Gasteiger partial charge in [-0.15, -0.1) is 0 Å². The number of ketones is 2. The molecular weight excluding hydrogens is 1190 g/mol. The molecule has 0 bridgehead atoms. The summed E-state index contributed by atoms with van der Waals surface area (Å²) < 4.78 is 43.6. The first-order valence-electron chi connectivity index (χ1n) is 30.1. The van der Waals surface area contributed by atoms with Gasteiger partial charge in [0.05, 0.1) is 24.0 Å². The average molecular weight is 1260 g/mol. The molecule has 6 fully saturated rings. The number of benzene rings is 2. The van der Waals surface area contributed by atoms with Crippen molar-refractivity contribution in [2.45, 2.75) is 179 Å². The van der Waals surface area contributed by atoms with Gasteiger partial charge in [0.2, 0.25) is 17.7 Å². The maximum Gasteiger partial charge on any atom is 0.332 e. The van der Waals surface area contributed by atoms with E-state index in [1.807, 2.05) is 26.0 Å². The van der Waals surface area contributed by atoms with Gasteiger partial charge in [-0.2, -0.15) is 0 Å². The van der Waals surface area contributed by atoms with Crippen LogP contribution in [0.15, 0.2) is 60.9 Å². The lowest BCUT2D eigenvalue weighted by molar-refractivity contribution is -0.159. The second kappa shape index (κ2) is 22.4. The number of nitrogens with one attached hydrogen (secondary N) is 2. The van der Waals surface area contributed by atoms with Crippen LogP contribution in [-0.4, -0.2) is 75.8 Å². The lowest BCUT2D eigenvalue weighted by Crippen LogP contribution is -2.52. The number of fused-ring (bicyclic) bond motifs is 6. The third kappa shape index (κ3) is 10.4. The van der Waals surface area contributed by atoms with E-state index in [-0.39, 0.29) is 81.7 Å². The Hall–Kier alpha value is -5.10. The highest BCUT2D eigenvalue weighted by atomic mass is 35.5. The first kappa shape index (κ1) is 62.5. The molecule has 86 heavy (non-hydrogen) atoms. The number of nitrogens with zero attached hydrogens (tertiary/aromatic N) is 2. The van der Waals surface area contributed by atoms with Crippen molar-refractivity contribution < 1.29 is 52.1 Å². The van der Waals surface area contributed by atoms with Crippen LogP contribution in [0.25, 0.3) is 0 Å². The predicted molar refractivity (Wildman–Crippen MR) is 323 cm³/mol. The van der Waals surface area contributed by atoms with E-state index in [1.54, 1.807) is 36.4 Å². The number of rotatable bonds is 10. The number of anilines is 2. The van der Waals surface area contributed by atoms with Gasteiger partial charge in [-0.1, -0.05) is 100 Å². The zero-order chi connectivity index (χ0) is 61.9. The van der Waals surface area contributed by atoms with Gasteiger partial charge in [0.25, 0.3) is 0 Å². The van der Waals surface area contributed by atoms with Crippen LogP contribution >= 0.6 is 46.4 Å². The number of carboxylic acids is 1. The lowest BCUT2D eigenvalue weighted by atomic mass is 9.51. The number of aliphatic carboxylic acids is 1. The number of carbonyl (C=O) groups is 6. The number of primary amides is 1. The monoisotopic (exact) mass is 1260 g/mol. The summed E-state index contributed by atoms with van der Waals surface area (Å²) in [5, 5.41) is 15.9. The number of pyridine rings is 2. The van der Waals surface area contributed by atoms with Crippen LogP contribution in [0, 0.1) is 56.0 Å². The molecule has 2 saturated heterocycles. The van der Waals surface area contributed by atoms with E-state index in [2.05, 4.69) is 48.3 Å². The van der Waals surface area contributed by atoms with Gasteiger partial charge in [-0.05, 0) is 181 Å². The van der Waals surface area contributed by atoms with E-state index < -0.39 is 91.9 Å². The van der Waals surface area contributed by atoms with Gasteiger partial charge in [-0.3, -0.25) is 24.0 Å². The molecule has 2 aromatic carbocycles. The van der Waals surface area contributed by atoms with Crippen molar-refractivity contribution in [1.82, 2.24) is 9.97 Å². The van der Waals surface area contributed by atoms with E-state index in [0.717, 1.165) is 49.7 Å². The standard InChI is InChI=1S/C33H38Cl2FN3O4.C33H37Cl2FN2O5/c1-30(2)9-11-32(12-10-30)15-20(23(40)16-31(3)8-6-24(28(37)41)43-17-31)25(19-7-13-38-27(35)26(19)36)33(32)21-5-4-18(34)14-22(21)39-29(33)42;1-30(2)9-11-32(12-10-30)15-20(23(39)16-31(3)8-6-24(28(40)41)43-17-31)25(19-7-13-37-27(35)26(19)36)33(32)21-5-4-18(34)14-22(21)38-29(33)42/h4-5,7,13-14,20,24-25H,6,8-12,15-17H2,1-3H3,(H2,37,41)(H,39,42);4-5,7,13-14,20,24-25H,6,8-12,15-17H2,1-3H3,(H,38,42)(H,40,41)/t20-,24?,25-,31?,33+;20-,24-,25-,31?,33+/m00/s1. The first-order chi connectivity index (χ1) is 40.4. The quantitative estimate of drug-likeness (QED) is 0.110. The van der Waals surface area contributed by atoms with Gasteiger partial charge in [0.15, 0.2) is 28.0 Å². The van der Waals surface area contributed by atoms with E-state index in [9.17, 15) is 33.9 Å².